The van der Waals surface area contributed by atoms with E-state index in [-0.39, 0.29) is 12.6 Å². The van der Waals surface area contributed by atoms with Crippen LogP contribution in [0, 0.1) is 0 Å². The van der Waals surface area contributed by atoms with Crippen LogP contribution in [-0.2, 0) is 14.3 Å². The van der Waals surface area contributed by atoms with Crippen molar-refractivity contribution in [2.45, 2.75) is 129 Å². The molecule has 0 aromatic heterocycles. The first-order valence-electron chi connectivity index (χ1n) is 12.1. The monoisotopic (exact) mass is 400 g/mol. The van der Waals surface area contributed by atoms with E-state index in [9.17, 15) is 9.90 Å². The Kier molecular flexibility index (Phi) is 22.2. The molecule has 0 heterocycles. The SMILES string of the molecule is CCCCCCCCCCCCCOCC(CO)OC(=O)CCCCCCC. The summed E-state index contributed by atoms with van der Waals surface area (Å²) in [4.78, 5) is 11.8. The van der Waals surface area contributed by atoms with Crippen LogP contribution in [0.5, 0.6) is 0 Å². The fraction of sp³-hybridized carbons (Fsp3) is 0.958. The molecule has 0 aliphatic carbocycles. The van der Waals surface area contributed by atoms with E-state index in [0.29, 0.717) is 19.6 Å². The van der Waals surface area contributed by atoms with Gasteiger partial charge in [0.2, 0.25) is 0 Å². The number of unbranched alkanes of at least 4 members (excludes halogenated alkanes) is 14. The predicted octanol–water partition coefficient (Wildman–Crippen LogP) is 6.58. The zero-order chi connectivity index (χ0) is 20.7. The molecular weight excluding hydrogens is 352 g/mol. The molecule has 1 atom stereocenters. The molecule has 0 aliphatic heterocycles. The molecule has 0 amide bonds. The normalized spacial score (nSPS) is 12.2. The molecule has 4 heteroatoms. The minimum Gasteiger partial charge on any atom is -0.457 e. The maximum atomic E-state index is 11.8. The molecule has 0 aromatic rings. The molecule has 1 unspecified atom stereocenters. The number of rotatable bonds is 22. The standard InChI is InChI=1S/C24H48O4/c1-3-5-7-9-10-11-12-13-14-16-18-20-27-22-23(21-25)28-24(26)19-17-15-8-6-4-2/h23,25H,3-22H2,1-2H3. The predicted molar refractivity (Wildman–Crippen MR) is 118 cm³/mol. The van der Waals surface area contributed by atoms with Gasteiger partial charge in [-0.15, -0.1) is 0 Å². The van der Waals surface area contributed by atoms with E-state index in [4.69, 9.17) is 9.47 Å². The Morgan fingerprint density at radius 3 is 1.68 bits per heavy atom. The van der Waals surface area contributed by atoms with Crippen LogP contribution in [0.2, 0.25) is 0 Å². The number of esters is 1. The number of hydrogen-bond donors (Lipinski definition) is 1. The quantitative estimate of drug-likeness (QED) is 0.165. The zero-order valence-corrected chi connectivity index (χ0v) is 18.9. The summed E-state index contributed by atoms with van der Waals surface area (Å²) in [6, 6.07) is 0. The number of aliphatic hydroxyl groups excluding tert-OH is 1. The summed E-state index contributed by atoms with van der Waals surface area (Å²) in [7, 11) is 0. The fourth-order valence-electron chi connectivity index (χ4n) is 3.32. The summed E-state index contributed by atoms with van der Waals surface area (Å²) >= 11 is 0. The van der Waals surface area contributed by atoms with Crippen molar-refractivity contribution in [3.8, 4) is 0 Å². The first-order chi connectivity index (χ1) is 13.7. The van der Waals surface area contributed by atoms with Gasteiger partial charge in [-0.2, -0.15) is 0 Å². The minimum atomic E-state index is -0.518. The average molecular weight is 401 g/mol. The van der Waals surface area contributed by atoms with Gasteiger partial charge in [-0.25, -0.2) is 0 Å². The molecule has 0 saturated heterocycles. The van der Waals surface area contributed by atoms with Crippen molar-refractivity contribution in [3.63, 3.8) is 0 Å². The van der Waals surface area contributed by atoms with Gasteiger partial charge in [0, 0.05) is 13.0 Å². The van der Waals surface area contributed by atoms with Crippen molar-refractivity contribution in [2.24, 2.45) is 0 Å². The molecule has 0 aliphatic rings. The number of ether oxygens (including phenoxy) is 2. The largest absolute Gasteiger partial charge is 0.457 e. The second-order valence-corrected chi connectivity index (χ2v) is 8.07. The van der Waals surface area contributed by atoms with Crippen LogP contribution >= 0.6 is 0 Å². The van der Waals surface area contributed by atoms with E-state index in [2.05, 4.69) is 13.8 Å². The van der Waals surface area contributed by atoms with Crippen LogP contribution in [0.25, 0.3) is 0 Å². The molecule has 4 nitrogen and oxygen atoms in total. The van der Waals surface area contributed by atoms with Crippen LogP contribution in [0.1, 0.15) is 123 Å². The van der Waals surface area contributed by atoms with E-state index in [0.717, 1.165) is 19.3 Å². The average Bonchev–Trinajstić information content (AvgIpc) is 2.70. The molecule has 28 heavy (non-hydrogen) atoms. The van der Waals surface area contributed by atoms with Crippen LogP contribution in [-0.4, -0.2) is 37.0 Å². The highest BCUT2D eigenvalue weighted by molar-refractivity contribution is 5.69. The summed E-state index contributed by atoms with van der Waals surface area (Å²) < 4.78 is 10.9. The van der Waals surface area contributed by atoms with E-state index in [1.165, 1.54) is 83.5 Å². The lowest BCUT2D eigenvalue weighted by Gasteiger charge is -2.15. The molecule has 0 rings (SSSR count). The van der Waals surface area contributed by atoms with Gasteiger partial charge in [-0.3, -0.25) is 4.79 Å². The summed E-state index contributed by atoms with van der Waals surface area (Å²) in [6.45, 7) is 5.25. The van der Waals surface area contributed by atoms with Crippen molar-refractivity contribution in [2.75, 3.05) is 19.8 Å². The smallest absolute Gasteiger partial charge is 0.306 e. The zero-order valence-electron chi connectivity index (χ0n) is 18.9. The van der Waals surface area contributed by atoms with E-state index in [1.807, 2.05) is 0 Å². The van der Waals surface area contributed by atoms with Crippen molar-refractivity contribution in [1.29, 1.82) is 0 Å². The third-order valence-corrected chi connectivity index (χ3v) is 5.18. The molecule has 168 valence electrons. The van der Waals surface area contributed by atoms with Gasteiger partial charge < -0.3 is 14.6 Å². The van der Waals surface area contributed by atoms with Crippen molar-refractivity contribution in [3.05, 3.63) is 0 Å². The third-order valence-electron chi connectivity index (χ3n) is 5.18. The second-order valence-electron chi connectivity index (χ2n) is 8.07. The second kappa shape index (κ2) is 22.7. The molecule has 0 aromatic carbocycles. The number of aliphatic hydroxyl groups is 1. The Bertz CT molecular complexity index is 320. The summed E-state index contributed by atoms with van der Waals surface area (Å²) in [5, 5.41) is 9.35. The van der Waals surface area contributed by atoms with Crippen molar-refractivity contribution >= 4 is 5.97 Å². The highest BCUT2D eigenvalue weighted by Gasteiger charge is 2.13. The van der Waals surface area contributed by atoms with Crippen LogP contribution < -0.4 is 0 Å². The van der Waals surface area contributed by atoms with Crippen molar-refractivity contribution < 1.29 is 19.4 Å². The third kappa shape index (κ3) is 20.1. The van der Waals surface area contributed by atoms with Crippen LogP contribution in [0.3, 0.4) is 0 Å². The molecule has 0 bridgehead atoms. The Labute approximate surface area is 174 Å². The van der Waals surface area contributed by atoms with Gasteiger partial charge in [0.15, 0.2) is 0 Å². The number of hydrogen-bond acceptors (Lipinski definition) is 4. The first kappa shape index (κ1) is 27.4. The van der Waals surface area contributed by atoms with Gasteiger partial charge in [0.1, 0.15) is 6.10 Å². The highest BCUT2D eigenvalue weighted by atomic mass is 16.6. The molecular formula is C24H48O4. The maximum absolute atomic E-state index is 11.8. The van der Waals surface area contributed by atoms with Gasteiger partial charge in [-0.05, 0) is 12.8 Å². The molecule has 0 radical (unpaired) electrons. The van der Waals surface area contributed by atoms with Gasteiger partial charge in [-0.1, -0.05) is 104 Å². The van der Waals surface area contributed by atoms with Gasteiger partial charge in [0.05, 0.1) is 13.2 Å². The van der Waals surface area contributed by atoms with Crippen molar-refractivity contribution in [1.82, 2.24) is 0 Å². The van der Waals surface area contributed by atoms with Gasteiger partial charge >= 0.3 is 5.97 Å². The maximum Gasteiger partial charge on any atom is 0.306 e. The molecule has 0 saturated carbocycles. The Hall–Kier alpha value is -0.610. The number of carbonyl (C=O) groups excluding carboxylic acids is 1. The summed E-state index contributed by atoms with van der Waals surface area (Å²) in [6.07, 6.45) is 19.9. The fourth-order valence-corrected chi connectivity index (χ4v) is 3.32. The number of carbonyl (C=O) groups is 1. The lowest BCUT2D eigenvalue weighted by molar-refractivity contribution is -0.154. The Morgan fingerprint density at radius 2 is 1.18 bits per heavy atom. The lowest BCUT2D eigenvalue weighted by Crippen LogP contribution is -2.27. The molecule has 0 spiro atoms. The Morgan fingerprint density at radius 1 is 0.714 bits per heavy atom. The van der Waals surface area contributed by atoms with E-state index in [1.54, 1.807) is 0 Å². The van der Waals surface area contributed by atoms with Crippen LogP contribution in [0.4, 0.5) is 0 Å². The topological polar surface area (TPSA) is 55.8 Å². The van der Waals surface area contributed by atoms with Gasteiger partial charge in [0.25, 0.3) is 0 Å². The first-order valence-corrected chi connectivity index (χ1v) is 12.1. The van der Waals surface area contributed by atoms with E-state index >= 15 is 0 Å². The van der Waals surface area contributed by atoms with Crippen LogP contribution in [0.15, 0.2) is 0 Å². The molecule has 1 N–H and O–H groups in total. The Balaban J connectivity index is 3.41. The van der Waals surface area contributed by atoms with E-state index < -0.39 is 6.10 Å². The molecule has 0 fully saturated rings. The highest BCUT2D eigenvalue weighted by Crippen LogP contribution is 2.11. The minimum absolute atomic E-state index is 0.167. The summed E-state index contributed by atoms with van der Waals surface area (Å²) in [5.41, 5.74) is 0. The lowest BCUT2D eigenvalue weighted by atomic mass is 10.1. The summed E-state index contributed by atoms with van der Waals surface area (Å²) in [5.74, 6) is -0.214.